The third-order valence-electron chi connectivity index (χ3n) is 4.96. The Morgan fingerprint density at radius 3 is 2.35 bits per heavy atom. The van der Waals surface area contributed by atoms with Gasteiger partial charge in [-0.2, -0.15) is 18.2 Å². The Morgan fingerprint density at radius 1 is 1.05 bits per heavy atom. The molecule has 37 heavy (non-hydrogen) atoms. The summed E-state index contributed by atoms with van der Waals surface area (Å²) in [6.45, 7) is 1.80. The summed E-state index contributed by atoms with van der Waals surface area (Å²) >= 11 is 0. The number of aromatic nitrogens is 3. The van der Waals surface area contributed by atoms with Gasteiger partial charge in [-0.1, -0.05) is 4.73 Å². The maximum Gasteiger partial charge on any atom is 0.493 e. The Balaban J connectivity index is 1.63. The zero-order chi connectivity index (χ0) is 26.9. The fourth-order valence-electron chi connectivity index (χ4n) is 3.23. The highest BCUT2D eigenvalue weighted by atomic mass is 19.4. The molecule has 0 atom stereocenters. The normalized spacial score (nSPS) is 11.3. The van der Waals surface area contributed by atoms with E-state index in [-0.39, 0.29) is 33.3 Å². The van der Waals surface area contributed by atoms with Gasteiger partial charge < -0.3 is 29.4 Å². The van der Waals surface area contributed by atoms with Crippen LogP contribution in [0, 0.1) is 12.7 Å². The summed E-state index contributed by atoms with van der Waals surface area (Å²) in [5, 5.41) is 5.53. The Morgan fingerprint density at radius 2 is 1.73 bits per heavy atom. The number of benzene rings is 2. The number of hydrogen-bond donors (Lipinski definition) is 2. The molecule has 0 aliphatic carbocycles. The minimum atomic E-state index is -5.35. The number of ether oxygens (including phenoxy) is 2. The van der Waals surface area contributed by atoms with Crippen LogP contribution in [0.2, 0.25) is 0 Å². The summed E-state index contributed by atoms with van der Waals surface area (Å²) in [5.41, 5.74) is 0.809. The second-order valence-corrected chi connectivity index (χ2v) is 7.37. The van der Waals surface area contributed by atoms with E-state index in [0.717, 1.165) is 17.8 Å². The molecule has 0 spiro atoms. The van der Waals surface area contributed by atoms with Crippen molar-refractivity contribution in [1.29, 1.82) is 0 Å². The number of nitrogens with zero attached hydrogens (tertiary/aromatic N) is 3. The first-order chi connectivity index (χ1) is 17.5. The second kappa shape index (κ2) is 9.67. The van der Waals surface area contributed by atoms with E-state index < -0.39 is 23.7 Å². The highest BCUT2D eigenvalue weighted by Crippen LogP contribution is 2.33. The van der Waals surface area contributed by atoms with Gasteiger partial charge in [-0.15, -0.1) is 0 Å². The smallest absolute Gasteiger partial charge is 0.493 e. The van der Waals surface area contributed by atoms with Crippen LogP contribution in [0.4, 0.5) is 40.7 Å². The van der Waals surface area contributed by atoms with Crippen molar-refractivity contribution in [2.75, 3.05) is 24.9 Å². The van der Waals surface area contributed by atoms with Gasteiger partial charge in [0.15, 0.2) is 17.2 Å². The van der Waals surface area contributed by atoms with Crippen LogP contribution < -0.4 is 30.7 Å². The molecule has 0 bridgehead atoms. The predicted octanol–water partition coefficient (Wildman–Crippen LogP) is 3.85. The lowest BCUT2D eigenvalue weighted by molar-refractivity contribution is -0.200. The molecule has 0 saturated heterocycles. The standard InChI is InChI=1S/C22H17F4N5O6/c1-10-16(34-2)7-12(8-17(10)35-3)29-20-27-9-13(23)18(30-20)28-11-4-5-15-14(6-11)31(21(33)36-15)37-19(32)22(24,25)26/h4-9H,1-3H3,(H2,27,28,29,30). The second-order valence-electron chi connectivity index (χ2n) is 7.37. The third kappa shape index (κ3) is 5.24. The molecule has 0 aliphatic rings. The Bertz CT molecular complexity index is 1520. The Kier molecular flexibility index (Phi) is 6.61. The Hall–Kier alpha value is -4.82. The number of hydrogen-bond acceptors (Lipinski definition) is 10. The molecule has 0 amide bonds. The van der Waals surface area contributed by atoms with E-state index in [2.05, 4.69) is 25.4 Å². The summed E-state index contributed by atoms with van der Waals surface area (Å²) in [5.74, 6) is -4.14. The zero-order valence-corrected chi connectivity index (χ0v) is 19.3. The van der Waals surface area contributed by atoms with Gasteiger partial charge in [-0.3, -0.25) is 0 Å². The van der Waals surface area contributed by atoms with Crippen LogP contribution in [0.1, 0.15) is 5.56 Å². The summed E-state index contributed by atoms with van der Waals surface area (Å²) in [7, 11) is 2.98. The maximum atomic E-state index is 14.5. The van der Waals surface area contributed by atoms with Crippen molar-refractivity contribution < 1.29 is 41.1 Å². The van der Waals surface area contributed by atoms with Crippen molar-refractivity contribution in [3.8, 4) is 11.5 Å². The summed E-state index contributed by atoms with van der Waals surface area (Å²) in [6.07, 6.45) is -4.46. The fourth-order valence-corrected chi connectivity index (χ4v) is 3.23. The highest BCUT2D eigenvalue weighted by molar-refractivity contribution is 5.81. The largest absolute Gasteiger partial charge is 0.496 e. The fraction of sp³-hybridized carbons (Fsp3) is 0.182. The first kappa shape index (κ1) is 25.3. The molecular weight excluding hydrogens is 506 g/mol. The van der Waals surface area contributed by atoms with Crippen molar-refractivity contribution >= 4 is 40.2 Å². The molecule has 15 heteroatoms. The number of halogens is 4. The molecular formula is C22H17F4N5O6. The molecule has 0 aliphatic heterocycles. The van der Waals surface area contributed by atoms with Gasteiger partial charge in [0.05, 0.1) is 20.4 Å². The SMILES string of the molecule is COc1cc(Nc2ncc(F)c(Nc3ccc4oc(=O)n(OC(=O)C(F)(F)F)c4c3)n2)cc(OC)c1C. The van der Waals surface area contributed by atoms with Crippen molar-refractivity contribution in [3.05, 3.63) is 58.5 Å². The lowest BCUT2D eigenvalue weighted by Gasteiger charge is -2.14. The summed E-state index contributed by atoms with van der Waals surface area (Å²) in [4.78, 5) is 35.1. The van der Waals surface area contributed by atoms with Gasteiger partial charge in [0.25, 0.3) is 0 Å². The number of nitrogens with one attached hydrogen (secondary N) is 2. The van der Waals surface area contributed by atoms with E-state index in [1.165, 1.54) is 26.4 Å². The highest BCUT2D eigenvalue weighted by Gasteiger charge is 2.42. The van der Waals surface area contributed by atoms with Crippen LogP contribution in [-0.2, 0) is 4.79 Å². The average Bonchev–Trinajstić information content (AvgIpc) is 3.15. The topological polar surface area (TPSA) is 130 Å². The van der Waals surface area contributed by atoms with Gasteiger partial charge in [0, 0.05) is 29.1 Å². The first-order valence-corrected chi connectivity index (χ1v) is 10.2. The monoisotopic (exact) mass is 523 g/mol. The lowest BCUT2D eigenvalue weighted by atomic mass is 10.2. The van der Waals surface area contributed by atoms with Crippen molar-refractivity contribution in [2.45, 2.75) is 13.1 Å². The minimum absolute atomic E-state index is 0.0164. The van der Waals surface area contributed by atoms with Crippen molar-refractivity contribution in [3.63, 3.8) is 0 Å². The number of carbonyl (C=O) groups excluding carboxylic acids is 1. The van der Waals surface area contributed by atoms with Crippen molar-refractivity contribution in [2.24, 2.45) is 0 Å². The molecule has 2 heterocycles. The molecule has 11 nitrogen and oxygen atoms in total. The average molecular weight is 523 g/mol. The number of anilines is 4. The molecule has 0 fully saturated rings. The zero-order valence-electron chi connectivity index (χ0n) is 19.3. The van der Waals surface area contributed by atoms with Crippen LogP contribution in [-0.4, -0.2) is 41.1 Å². The van der Waals surface area contributed by atoms with Crippen LogP contribution >= 0.6 is 0 Å². The molecule has 0 radical (unpaired) electrons. The molecule has 0 unspecified atom stereocenters. The molecule has 2 N–H and O–H groups in total. The van der Waals surface area contributed by atoms with Crippen LogP contribution in [0.5, 0.6) is 11.5 Å². The van der Waals surface area contributed by atoms with E-state index in [1.54, 1.807) is 19.1 Å². The van der Waals surface area contributed by atoms with E-state index in [1.807, 2.05) is 0 Å². The number of carbonyl (C=O) groups is 1. The maximum absolute atomic E-state index is 14.5. The molecule has 4 rings (SSSR count). The van der Waals surface area contributed by atoms with Gasteiger partial charge in [0.1, 0.15) is 17.0 Å². The quantitative estimate of drug-likeness (QED) is 0.345. The first-order valence-electron chi connectivity index (χ1n) is 10.2. The van der Waals surface area contributed by atoms with E-state index >= 15 is 0 Å². The lowest BCUT2D eigenvalue weighted by Crippen LogP contribution is -2.36. The predicted molar refractivity (Wildman–Crippen MR) is 121 cm³/mol. The van der Waals surface area contributed by atoms with Gasteiger partial charge in [-0.05, 0) is 25.1 Å². The van der Waals surface area contributed by atoms with Crippen LogP contribution in [0.3, 0.4) is 0 Å². The van der Waals surface area contributed by atoms with Gasteiger partial charge >= 0.3 is 17.9 Å². The molecule has 0 saturated carbocycles. The van der Waals surface area contributed by atoms with Crippen LogP contribution in [0.25, 0.3) is 11.1 Å². The minimum Gasteiger partial charge on any atom is -0.496 e. The van der Waals surface area contributed by atoms with E-state index in [4.69, 9.17) is 13.9 Å². The van der Waals surface area contributed by atoms with Gasteiger partial charge in [0.2, 0.25) is 5.95 Å². The number of alkyl halides is 3. The Labute approximate surface area is 204 Å². The summed E-state index contributed by atoms with van der Waals surface area (Å²) < 4.78 is 67.6. The molecule has 2 aromatic carbocycles. The van der Waals surface area contributed by atoms with Gasteiger partial charge in [-0.25, -0.2) is 19.0 Å². The molecule has 2 aromatic heterocycles. The van der Waals surface area contributed by atoms with E-state index in [0.29, 0.717) is 17.2 Å². The molecule has 4 aromatic rings. The number of fused-ring (bicyclic) bond motifs is 1. The van der Waals surface area contributed by atoms with Crippen molar-refractivity contribution in [1.82, 2.24) is 14.7 Å². The van der Waals surface area contributed by atoms with E-state index in [9.17, 15) is 27.2 Å². The van der Waals surface area contributed by atoms with Crippen LogP contribution in [0.15, 0.2) is 45.7 Å². The molecule has 194 valence electrons. The number of methoxy groups -OCH3 is 2. The summed E-state index contributed by atoms with van der Waals surface area (Å²) in [6, 6.07) is 6.97. The third-order valence-corrected chi connectivity index (χ3v) is 4.96. The number of rotatable bonds is 7. The number of oxazole rings is 1.